The number of rotatable bonds is 2. The molecule has 0 aromatic heterocycles. The second-order valence-electron chi connectivity index (χ2n) is 7.03. The maximum absolute atomic E-state index is 13.2. The van der Waals surface area contributed by atoms with Crippen molar-refractivity contribution in [3.63, 3.8) is 0 Å². The summed E-state index contributed by atoms with van der Waals surface area (Å²) in [5, 5.41) is 26.9. The lowest BCUT2D eigenvalue weighted by Gasteiger charge is -2.46. The molecule has 0 bridgehead atoms. The van der Waals surface area contributed by atoms with Crippen molar-refractivity contribution in [1.82, 2.24) is 15.5 Å². The Morgan fingerprint density at radius 3 is 2.69 bits per heavy atom. The monoisotopic (exact) mass is 413 g/mol. The van der Waals surface area contributed by atoms with Crippen LogP contribution in [0.5, 0.6) is 0 Å². The van der Waals surface area contributed by atoms with Crippen molar-refractivity contribution in [2.75, 3.05) is 13.1 Å². The molecule has 3 heterocycles. The lowest BCUT2D eigenvalue weighted by atomic mass is 9.89. The highest BCUT2D eigenvalue weighted by Crippen LogP contribution is 2.43. The molecule has 1 aromatic rings. The number of hydrogen-bond donors (Lipinski definition) is 6. The van der Waals surface area contributed by atoms with E-state index in [2.05, 4.69) is 20.6 Å². The van der Waals surface area contributed by atoms with E-state index in [4.69, 9.17) is 11.5 Å². The lowest BCUT2D eigenvalue weighted by molar-refractivity contribution is -0.228. The zero-order valence-electron chi connectivity index (χ0n) is 14.8. The molecule has 1 spiro atoms. The van der Waals surface area contributed by atoms with Crippen LogP contribution in [0.1, 0.15) is 15.9 Å². The second kappa shape index (κ2) is 5.97. The molecule has 1 amide bonds. The lowest BCUT2D eigenvalue weighted by Crippen LogP contribution is -2.76. The number of alkyl halides is 3. The largest absolute Gasteiger partial charge is 0.417 e. The number of aliphatic imine (C=N–C) groups is 2. The minimum Gasteiger partial charge on any atom is -0.370 e. The Morgan fingerprint density at radius 1 is 1.31 bits per heavy atom. The molecular weight excluding hydrogens is 395 g/mol. The highest BCUT2D eigenvalue weighted by atomic mass is 19.4. The molecule has 156 valence electrons. The quantitative estimate of drug-likeness (QED) is 0.309. The predicted octanol–water partition coefficient (Wildman–Crippen LogP) is -1.89. The van der Waals surface area contributed by atoms with E-state index in [0.717, 1.165) is 18.2 Å². The Balaban J connectivity index is 1.67. The number of hydrogen-bond acceptors (Lipinski definition) is 9. The van der Waals surface area contributed by atoms with Crippen LogP contribution in [0.4, 0.5) is 13.2 Å². The van der Waals surface area contributed by atoms with Crippen LogP contribution in [0.15, 0.2) is 34.3 Å². The Labute approximate surface area is 162 Å². The molecular formula is C16H18F3N7O3. The molecule has 4 rings (SSSR count). The van der Waals surface area contributed by atoms with Gasteiger partial charge < -0.3 is 37.2 Å². The van der Waals surface area contributed by atoms with E-state index in [1.54, 1.807) is 0 Å². The van der Waals surface area contributed by atoms with Crippen molar-refractivity contribution >= 4 is 17.8 Å². The maximum Gasteiger partial charge on any atom is 0.417 e. The van der Waals surface area contributed by atoms with Crippen LogP contribution in [-0.2, 0) is 6.18 Å². The van der Waals surface area contributed by atoms with Gasteiger partial charge in [0.15, 0.2) is 17.6 Å². The van der Waals surface area contributed by atoms with Gasteiger partial charge in [-0.3, -0.25) is 9.79 Å². The van der Waals surface area contributed by atoms with Crippen LogP contribution in [0.3, 0.4) is 0 Å². The van der Waals surface area contributed by atoms with Crippen LogP contribution >= 0.6 is 0 Å². The van der Waals surface area contributed by atoms with Crippen LogP contribution < -0.4 is 22.1 Å². The number of aliphatic hydroxyl groups is 2. The summed E-state index contributed by atoms with van der Waals surface area (Å²) in [4.78, 5) is 22.1. The first-order valence-electron chi connectivity index (χ1n) is 8.59. The summed E-state index contributed by atoms with van der Waals surface area (Å²) in [5.41, 5.74) is 8.10. The predicted molar refractivity (Wildman–Crippen MR) is 94.3 cm³/mol. The molecule has 2 unspecified atom stereocenters. The Hall–Kier alpha value is -3.06. The standard InChI is InChI=1S/C16H18F3N7O3/c17-16(18,19)8-4-2-1-3-7(8)11(27)23-10-6-26-13(21)22-5-9-14(26,15(10,28)29)25-12(20)24-9/h1-4,9-10,28-29H,5-6H2,(H2,21,22)(H,23,27)(H3,20,24,25)/t9?,10-,14?/m0/s1. The van der Waals surface area contributed by atoms with Crippen molar-refractivity contribution in [2.45, 2.75) is 29.7 Å². The molecule has 0 aliphatic carbocycles. The Bertz CT molecular complexity index is 933. The number of guanidine groups is 2. The molecule has 3 aliphatic heterocycles. The topological polar surface area (TPSA) is 162 Å². The molecule has 3 atom stereocenters. The van der Waals surface area contributed by atoms with Gasteiger partial charge in [0.2, 0.25) is 5.79 Å². The fourth-order valence-corrected chi connectivity index (χ4v) is 4.10. The van der Waals surface area contributed by atoms with E-state index in [9.17, 15) is 28.2 Å². The molecule has 0 saturated carbocycles. The molecule has 3 aliphatic rings. The van der Waals surface area contributed by atoms with Crippen molar-refractivity contribution in [2.24, 2.45) is 21.5 Å². The van der Waals surface area contributed by atoms with E-state index in [1.807, 2.05) is 0 Å². The molecule has 0 radical (unpaired) electrons. The van der Waals surface area contributed by atoms with Crippen molar-refractivity contribution < 1.29 is 28.2 Å². The van der Waals surface area contributed by atoms with E-state index in [0.29, 0.717) is 0 Å². The van der Waals surface area contributed by atoms with Crippen LogP contribution in [0, 0.1) is 0 Å². The summed E-state index contributed by atoms with van der Waals surface area (Å²) in [6.07, 6.45) is -4.76. The van der Waals surface area contributed by atoms with Gasteiger partial charge in [0, 0.05) is 6.54 Å². The first kappa shape index (κ1) is 19.3. The fraction of sp³-hybridized carbons (Fsp3) is 0.438. The van der Waals surface area contributed by atoms with Gasteiger partial charge in [-0.2, -0.15) is 13.2 Å². The molecule has 1 saturated heterocycles. The van der Waals surface area contributed by atoms with Gasteiger partial charge in [0.1, 0.15) is 12.1 Å². The summed E-state index contributed by atoms with van der Waals surface area (Å²) in [5.74, 6) is -3.91. The number of nitrogens with zero attached hydrogens (tertiary/aromatic N) is 3. The Morgan fingerprint density at radius 2 is 2.00 bits per heavy atom. The summed E-state index contributed by atoms with van der Waals surface area (Å²) in [6.45, 7) is -0.231. The van der Waals surface area contributed by atoms with E-state index in [1.165, 1.54) is 11.0 Å². The summed E-state index contributed by atoms with van der Waals surface area (Å²) >= 11 is 0. The maximum atomic E-state index is 13.2. The minimum atomic E-state index is -4.76. The van der Waals surface area contributed by atoms with Gasteiger partial charge in [0.25, 0.3) is 5.91 Å². The SMILES string of the molecule is NC1=NC2CN=C(N)N3C[C@H](NC(=O)c4ccccc4C(F)(F)F)C(O)(O)C23N1. The zero-order valence-corrected chi connectivity index (χ0v) is 14.8. The highest BCUT2D eigenvalue weighted by Gasteiger charge is 2.71. The van der Waals surface area contributed by atoms with Gasteiger partial charge in [0.05, 0.1) is 17.7 Å². The van der Waals surface area contributed by atoms with E-state index in [-0.39, 0.29) is 25.0 Å². The van der Waals surface area contributed by atoms with Gasteiger partial charge in [-0.25, -0.2) is 4.99 Å². The number of halogens is 3. The summed E-state index contributed by atoms with van der Waals surface area (Å²) < 4.78 is 39.7. The minimum absolute atomic E-state index is 0.0104. The Kier molecular flexibility index (Phi) is 3.96. The zero-order chi connectivity index (χ0) is 21.2. The average Bonchev–Trinajstić information content (AvgIpc) is 3.10. The van der Waals surface area contributed by atoms with Crippen LogP contribution in [0.2, 0.25) is 0 Å². The summed E-state index contributed by atoms with van der Waals surface area (Å²) in [7, 11) is 0. The van der Waals surface area contributed by atoms with Gasteiger partial charge in [-0.05, 0) is 12.1 Å². The van der Waals surface area contributed by atoms with Crippen molar-refractivity contribution in [3.8, 4) is 0 Å². The molecule has 29 heavy (non-hydrogen) atoms. The smallest absolute Gasteiger partial charge is 0.370 e. The van der Waals surface area contributed by atoms with Crippen molar-refractivity contribution in [1.29, 1.82) is 0 Å². The fourth-order valence-electron chi connectivity index (χ4n) is 4.10. The third-order valence-corrected chi connectivity index (χ3v) is 5.42. The highest BCUT2D eigenvalue weighted by molar-refractivity contribution is 5.96. The normalized spacial score (nSPS) is 30.0. The second-order valence-corrected chi connectivity index (χ2v) is 7.03. The van der Waals surface area contributed by atoms with Crippen LogP contribution in [0.25, 0.3) is 0 Å². The number of carbonyl (C=O) groups excluding carboxylic acids is 1. The molecule has 1 fully saturated rings. The van der Waals surface area contributed by atoms with Gasteiger partial charge in [-0.1, -0.05) is 12.1 Å². The number of carbonyl (C=O) groups is 1. The third kappa shape index (κ3) is 2.61. The number of nitrogens with one attached hydrogen (secondary N) is 2. The molecule has 1 aromatic carbocycles. The third-order valence-electron chi connectivity index (χ3n) is 5.42. The average molecular weight is 413 g/mol. The van der Waals surface area contributed by atoms with Crippen molar-refractivity contribution in [3.05, 3.63) is 35.4 Å². The van der Waals surface area contributed by atoms with Gasteiger partial charge >= 0.3 is 6.18 Å². The summed E-state index contributed by atoms with van der Waals surface area (Å²) in [6, 6.07) is 1.96. The molecule has 8 N–H and O–H groups in total. The van der Waals surface area contributed by atoms with Crippen LogP contribution in [-0.4, -0.2) is 69.6 Å². The first-order valence-corrected chi connectivity index (χ1v) is 8.59. The number of nitrogens with two attached hydrogens (primary N) is 2. The first-order chi connectivity index (χ1) is 13.5. The molecule has 10 nitrogen and oxygen atoms in total. The van der Waals surface area contributed by atoms with E-state index < -0.39 is 46.7 Å². The number of benzene rings is 1. The van der Waals surface area contributed by atoms with Gasteiger partial charge in [-0.15, -0.1) is 0 Å². The number of amides is 1. The van der Waals surface area contributed by atoms with E-state index >= 15 is 0 Å². The molecule has 13 heteroatoms.